The van der Waals surface area contributed by atoms with Gasteiger partial charge in [-0.3, -0.25) is 5.10 Å². The van der Waals surface area contributed by atoms with Gasteiger partial charge in [0.05, 0.1) is 0 Å². The third-order valence-corrected chi connectivity index (χ3v) is 2.52. The topological polar surface area (TPSA) is 79.6 Å². The largest absolute Gasteiger partial charge is 0.398 e. The Bertz CT molecular complexity index is 449. The van der Waals surface area contributed by atoms with E-state index in [9.17, 15) is 0 Å². The number of nitrogen functional groups attached to an aromatic ring is 1. The maximum Gasteiger partial charge on any atom is 0.137 e. The Labute approximate surface area is 94.1 Å². The molecule has 0 fully saturated rings. The van der Waals surface area contributed by atoms with Gasteiger partial charge in [-0.2, -0.15) is 5.10 Å². The lowest BCUT2D eigenvalue weighted by Gasteiger charge is -2.10. The van der Waals surface area contributed by atoms with Crippen LogP contribution in [0, 0.1) is 6.92 Å². The maximum absolute atomic E-state index is 5.82. The van der Waals surface area contributed by atoms with Crippen LogP contribution >= 0.6 is 0 Å². The number of benzene rings is 1. The van der Waals surface area contributed by atoms with Gasteiger partial charge in [-0.05, 0) is 24.6 Å². The molecule has 0 radical (unpaired) electrons. The van der Waals surface area contributed by atoms with Gasteiger partial charge in [0.25, 0.3) is 0 Å². The second kappa shape index (κ2) is 4.65. The summed E-state index contributed by atoms with van der Waals surface area (Å²) in [6.45, 7) is 2.81. The van der Waals surface area contributed by atoms with Crippen LogP contribution in [0.2, 0.25) is 0 Å². The van der Waals surface area contributed by atoms with Gasteiger partial charge in [0.1, 0.15) is 12.2 Å². The van der Waals surface area contributed by atoms with Crippen molar-refractivity contribution in [3.8, 4) is 0 Å². The Balaban J connectivity index is 1.92. The third kappa shape index (κ3) is 2.31. The number of aromatic amines is 1. The van der Waals surface area contributed by atoms with Gasteiger partial charge in [-0.15, -0.1) is 0 Å². The van der Waals surface area contributed by atoms with Gasteiger partial charge in [-0.25, -0.2) is 4.98 Å². The van der Waals surface area contributed by atoms with Crippen LogP contribution in [0.3, 0.4) is 0 Å². The first-order valence-electron chi connectivity index (χ1n) is 5.20. The number of H-pyrrole nitrogens is 1. The zero-order valence-electron chi connectivity index (χ0n) is 9.20. The summed E-state index contributed by atoms with van der Waals surface area (Å²) in [5, 5.41) is 9.94. The van der Waals surface area contributed by atoms with Crippen molar-refractivity contribution in [1.29, 1.82) is 0 Å². The van der Waals surface area contributed by atoms with Crippen LogP contribution in [0.1, 0.15) is 11.4 Å². The standard InChI is InChI=1S/C11H15N5/c1-8-9(12)3-2-4-10(8)13-6-5-11-14-7-15-16-11/h2-4,7,13H,5-6,12H2,1H3,(H,14,15,16). The highest BCUT2D eigenvalue weighted by Crippen LogP contribution is 2.20. The van der Waals surface area contributed by atoms with Gasteiger partial charge in [0, 0.05) is 24.3 Å². The number of rotatable bonds is 4. The Morgan fingerprint density at radius 3 is 3.06 bits per heavy atom. The normalized spacial score (nSPS) is 10.3. The van der Waals surface area contributed by atoms with Crippen molar-refractivity contribution >= 4 is 11.4 Å². The first-order valence-corrected chi connectivity index (χ1v) is 5.20. The molecule has 0 amide bonds. The van der Waals surface area contributed by atoms with Gasteiger partial charge in [0.2, 0.25) is 0 Å². The molecule has 0 aliphatic heterocycles. The molecule has 0 spiro atoms. The first kappa shape index (κ1) is 10.5. The fraction of sp³-hybridized carbons (Fsp3) is 0.273. The molecular formula is C11H15N5. The summed E-state index contributed by atoms with van der Waals surface area (Å²) >= 11 is 0. The minimum atomic E-state index is 0.805. The van der Waals surface area contributed by atoms with E-state index < -0.39 is 0 Å². The lowest BCUT2D eigenvalue weighted by Crippen LogP contribution is -2.07. The van der Waals surface area contributed by atoms with Crippen molar-refractivity contribution in [2.75, 3.05) is 17.6 Å². The lowest BCUT2D eigenvalue weighted by molar-refractivity contribution is 0.900. The molecule has 1 heterocycles. The van der Waals surface area contributed by atoms with E-state index in [2.05, 4.69) is 20.5 Å². The van der Waals surface area contributed by atoms with Gasteiger partial charge >= 0.3 is 0 Å². The van der Waals surface area contributed by atoms with Crippen molar-refractivity contribution in [1.82, 2.24) is 15.2 Å². The molecule has 0 aliphatic rings. The summed E-state index contributed by atoms with van der Waals surface area (Å²) in [6, 6.07) is 5.86. The molecule has 4 N–H and O–H groups in total. The van der Waals surface area contributed by atoms with Crippen molar-refractivity contribution in [3.63, 3.8) is 0 Å². The Morgan fingerprint density at radius 2 is 2.31 bits per heavy atom. The molecule has 1 aromatic carbocycles. The highest BCUT2D eigenvalue weighted by molar-refractivity contribution is 5.62. The van der Waals surface area contributed by atoms with Crippen molar-refractivity contribution < 1.29 is 0 Å². The van der Waals surface area contributed by atoms with E-state index in [4.69, 9.17) is 5.73 Å². The Kier molecular flexibility index (Phi) is 3.05. The smallest absolute Gasteiger partial charge is 0.137 e. The van der Waals surface area contributed by atoms with E-state index in [0.717, 1.165) is 35.7 Å². The van der Waals surface area contributed by atoms with Crippen LogP contribution in [0.25, 0.3) is 0 Å². The molecule has 16 heavy (non-hydrogen) atoms. The van der Waals surface area contributed by atoms with E-state index in [0.29, 0.717) is 0 Å². The summed E-state index contributed by atoms with van der Waals surface area (Å²) in [4.78, 5) is 4.06. The van der Waals surface area contributed by atoms with E-state index in [1.54, 1.807) is 0 Å². The molecule has 2 rings (SSSR count). The van der Waals surface area contributed by atoms with Gasteiger partial charge in [-0.1, -0.05) is 6.07 Å². The van der Waals surface area contributed by atoms with Crippen molar-refractivity contribution in [3.05, 3.63) is 35.9 Å². The number of nitrogens with two attached hydrogens (primary N) is 1. The molecule has 0 saturated heterocycles. The fourth-order valence-corrected chi connectivity index (χ4v) is 1.51. The fourth-order valence-electron chi connectivity index (χ4n) is 1.51. The Hall–Kier alpha value is -2.04. The predicted octanol–water partition coefficient (Wildman–Crippen LogP) is 1.35. The first-order chi connectivity index (χ1) is 7.77. The van der Waals surface area contributed by atoms with Crippen LogP contribution in [-0.4, -0.2) is 21.7 Å². The van der Waals surface area contributed by atoms with E-state index in [1.807, 2.05) is 25.1 Å². The quantitative estimate of drug-likeness (QED) is 0.675. The molecular weight excluding hydrogens is 202 g/mol. The summed E-state index contributed by atoms with van der Waals surface area (Å²) in [7, 11) is 0. The van der Waals surface area contributed by atoms with E-state index in [-0.39, 0.29) is 0 Å². The average molecular weight is 217 g/mol. The molecule has 84 valence electrons. The van der Waals surface area contributed by atoms with Crippen LogP contribution in [-0.2, 0) is 6.42 Å². The van der Waals surface area contributed by atoms with E-state index in [1.165, 1.54) is 6.33 Å². The average Bonchev–Trinajstić information content (AvgIpc) is 2.77. The van der Waals surface area contributed by atoms with Gasteiger partial charge in [0.15, 0.2) is 0 Å². The lowest BCUT2D eigenvalue weighted by atomic mass is 10.1. The third-order valence-electron chi connectivity index (χ3n) is 2.52. The van der Waals surface area contributed by atoms with Crippen LogP contribution in [0.5, 0.6) is 0 Å². The molecule has 5 heteroatoms. The summed E-state index contributed by atoms with van der Waals surface area (Å²) in [5.41, 5.74) is 8.78. The molecule has 0 unspecified atom stereocenters. The van der Waals surface area contributed by atoms with Crippen LogP contribution < -0.4 is 11.1 Å². The minimum Gasteiger partial charge on any atom is -0.398 e. The summed E-state index contributed by atoms with van der Waals surface area (Å²) in [5.74, 6) is 0.883. The molecule has 1 aromatic heterocycles. The zero-order chi connectivity index (χ0) is 11.4. The number of anilines is 2. The number of nitrogens with one attached hydrogen (secondary N) is 2. The van der Waals surface area contributed by atoms with E-state index >= 15 is 0 Å². The summed E-state index contributed by atoms with van der Waals surface area (Å²) in [6.07, 6.45) is 2.33. The number of aromatic nitrogens is 3. The zero-order valence-corrected chi connectivity index (χ0v) is 9.20. The second-order valence-electron chi connectivity index (χ2n) is 3.63. The second-order valence-corrected chi connectivity index (χ2v) is 3.63. The number of hydrogen-bond donors (Lipinski definition) is 3. The molecule has 5 nitrogen and oxygen atoms in total. The highest BCUT2D eigenvalue weighted by Gasteiger charge is 2.01. The molecule has 0 bridgehead atoms. The molecule has 0 atom stereocenters. The highest BCUT2D eigenvalue weighted by atomic mass is 15.2. The van der Waals surface area contributed by atoms with Crippen LogP contribution in [0.15, 0.2) is 24.5 Å². The summed E-state index contributed by atoms with van der Waals surface area (Å²) < 4.78 is 0. The number of hydrogen-bond acceptors (Lipinski definition) is 4. The Morgan fingerprint density at radius 1 is 1.44 bits per heavy atom. The SMILES string of the molecule is Cc1c(N)cccc1NCCc1ncn[nH]1. The van der Waals surface area contributed by atoms with Crippen molar-refractivity contribution in [2.45, 2.75) is 13.3 Å². The molecule has 0 aliphatic carbocycles. The predicted molar refractivity (Wildman–Crippen MR) is 64.2 cm³/mol. The van der Waals surface area contributed by atoms with Crippen molar-refractivity contribution in [2.24, 2.45) is 0 Å². The molecule has 0 saturated carbocycles. The van der Waals surface area contributed by atoms with Gasteiger partial charge < -0.3 is 11.1 Å². The number of nitrogens with zero attached hydrogens (tertiary/aromatic N) is 2. The molecule has 2 aromatic rings. The monoisotopic (exact) mass is 217 g/mol. The maximum atomic E-state index is 5.82. The van der Waals surface area contributed by atoms with Crippen LogP contribution in [0.4, 0.5) is 11.4 Å². The minimum absolute atomic E-state index is 0.805.